The third-order valence-electron chi connectivity index (χ3n) is 7.30. The summed E-state index contributed by atoms with van der Waals surface area (Å²) in [5.74, 6) is -0.641. The molecule has 0 radical (unpaired) electrons. The van der Waals surface area contributed by atoms with E-state index in [-0.39, 0.29) is 48.8 Å². The third kappa shape index (κ3) is 5.56. The van der Waals surface area contributed by atoms with Gasteiger partial charge in [0.2, 0.25) is 5.91 Å². The van der Waals surface area contributed by atoms with Crippen molar-refractivity contribution in [2.45, 2.75) is 95.0 Å². The van der Waals surface area contributed by atoms with Crippen molar-refractivity contribution in [2.75, 3.05) is 19.8 Å². The van der Waals surface area contributed by atoms with E-state index >= 15 is 0 Å². The minimum absolute atomic E-state index is 0.00250. The van der Waals surface area contributed by atoms with Gasteiger partial charge >= 0.3 is 6.09 Å². The summed E-state index contributed by atoms with van der Waals surface area (Å²) in [5, 5.41) is 13.2. The maximum Gasteiger partial charge on any atom is 0.410 e. The topological polar surface area (TPSA) is 97.3 Å². The molecule has 0 aromatic heterocycles. The average molecular weight is 493 g/mol. The summed E-state index contributed by atoms with van der Waals surface area (Å²) in [4.78, 5) is 27.1. The van der Waals surface area contributed by atoms with E-state index in [0.29, 0.717) is 44.3 Å². The lowest BCUT2D eigenvalue weighted by atomic mass is 9.82. The number of aromatic hydroxyl groups is 1. The van der Waals surface area contributed by atoms with E-state index < -0.39 is 23.3 Å². The Hall–Kier alpha value is -2.39. The average Bonchev–Trinajstić information content (AvgIpc) is 3.01. The molecule has 3 aliphatic rings. The number of hydrogen-bond donors (Lipinski definition) is 2. The number of benzene rings is 1. The molecule has 0 bridgehead atoms. The summed E-state index contributed by atoms with van der Waals surface area (Å²) in [6.45, 7) is 7.95. The second kappa shape index (κ2) is 9.93. The SMILES string of the molecule is C[C@@H]1CC2(COCC(=O)N2)C(COC2CCC(c3c(O)cccc3F)CC2)N1C(=O)OC(C)(C)C. The summed E-state index contributed by atoms with van der Waals surface area (Å²) in [6, 6.07) is 3.80. The molecule has 1 aliphatic carbocycles. The molecule has 194 valence electrons. The predicted molar refractivity (Wildman–Crippen MR) is 127 cm³/mol. The first-order valence-corrected chi connectivity index (χ1v) is 12.5. The number of hydrogen-bond acceptors (Lipinski definition) is 6. The van der Waals surface area contributed by atoms with Gasteiger partial charge in [-0.2, -0.15) is 0 Å². The van der Waals surface area contributed by atoms with Crippen LogP contribution < -0.4 is 5.32 Å². The van der Waals surface area contributed by atoms with Crippen molar-refractivity contribution in [3.8, 4) is 5.75 Å². The molecule has 8 nitrogen and oxygen atoms in total. The lowest BCUT2D eigenvalue weighted by Crippen LogP contribution is -2.65. The first kappa shape index (κ1) is 25.7. The Balaban J connectivity index is 1.45. The van der Waals surface area contributed by atoms with Gasteiger partial charge in [0.05, 0.1) is 30.9 Å². The van der Waals surface area contributed by atoms with Crippen LogP contribution in [0, 0.1) is 5.82 Å². The van der Waals surface area contributed by atoms with E-state index in [9.17, 15) is 19.1 Å². The standard InChI is InChI=1S/C26H37FN2O6/c1-16-12-26(15-33-14-22(31)28-26)21(29(16)24(32)35-25(2,3)4)13-34-18-10-8-17(9-11-18)23-19(27)6-5-7-20(23)30/h5-7,16-18,21,30H,8-15H2,1-4H3,(H,28,31)/t16-,17?,18?,21?,26?/m1/s1. The number of rotatable bonds is 4. The minimum Gasteiger partial charge on any atom is -0.508 e. The maximum atomic E-state index is 14.3. The number of morpholine rings is 1. The van der Waals surface area contributed by atoms with Gasteiger partial charge in [0, 0.05) is 11.6 Å². The maximum absolute atomic E-state index is 14.3. The molecule has 1 spiro atoms. The fourth-order valence-corrected chi connectivity index (χ4v) is 5.84. The molecule has 1 aromatic carbocycles. The molecular formula is C26H37FN2O6. The number of halogens is 1. The normalized spacial score (nSPS) is 31.5. The molecule has 1 aromatic rings. The highest BCUT2D eigenvalue weighted by molar-refractivity contribution is 5.79. The summed E-state index contributed by atoms with van der Waals surface area (Å²) in [6.07, 6.45) is 2.86. The van der Waals surface area contributed by atoms with Gasteiger partial charge in [-0.15, -0.1) is 0 Å². The fourth-order valence-electron chi connectivity index (χ4n) is 5.84. The molecule has 2 N–H and O–H groups in total. The number of amides is 2. The molecule has 2 amide bonds. The van der Waals surface area contributed by atoms with Crippen LogP contribution in [0.4, 0.5) is 9.18 Å². The van der Waals surface area contributed by atoms with Gasteiger partial charge < -0.3 is 24.6 Å². The van der Waals surface area contributed by atoms with Crippen molar-refractivity contribution in [2.24, 2.45) is 0 Å². The van der Waals surface area contributed by atoms with Crippen LogP contribution in [0.3, 0.4) is 0 Å². The van der Waals surface area contributed by atoms with E-state index in [1.54, 1.807) is 4.90 Å². The van der Waals surface area contributed by atoms with Crippen molar-refractivity contribution in [1.29, 1.82) is 0 Å². The van der Waals surface area contributed by atoms with Crippen molar-refractivity contribution in [3.05, 3.63) is 29.6 Å². The van der Waals surface area contributed by atoms with E-state index in [0.717, 1.165) is 0 Å². The van der Waals surface area contributed by atoms with E-state index in [4.69, 9.17) is 14.2 Å². The lowest BCUT2D eigenvalue weighted by Gasteiger charge is -2.41. The van der Waals surface area contributed by atoms with Crippen LogP contribution in [-0.2, 0) is 19.0 Å². The molecule has 4 rings (SSSR count). The lowest BCUT2D eigenvalue weighted by molar-refractivity contribution is -0.137. The quantitative estimate of drug-likeness (QED) is 0.663. The Morgan fingerprint density at radius 1 is 1.29 bits per heavy atom. The monoisotopic (exact) mass is 492 g/mol. The van der Waals surface area contributed by atoms with E-state index in [1.165, 1.54) is 18.2 Å². The molecular weight excluding hydrogens is 455 g/mol. The summed E-state index contributed by atoms with van der Waals surface area (Å²) in [5.41, 5.74) is -1.00. The van der Waals surface area contributed by atoms with Gasteiger partial charge in [-0.25, -0.2) is 9.18 Å². The Bertz CT molecular complexity index is 922. The molecule has 2 saturated heterocycles. The zero-order valence-electron chi connectivity index (χ0n) is 21.0. The number of likely N-dealkylation sites (tertiary alicyclic amines) is 1. The number of phenolic OH excluding ortho intramolecular Hbond substituents is 1. The number of nitrogens with one attached hydrogen (secondary N) is 1. The van der Waals surface area contributed by atoms with Crippen molar-refractivity contribution >= 4 is 12.0 Å². The van der Waals surface area contributed by atoms with Crippen LogP contribution in [0.1, 0.15) is 71.3 Å². The Labute approximate surface area is 206 Å². The second-order valence-electron chi connectivity index (χ2n) is 11.1. The molecule has 1 saturated carbocycles. The van der Waals surface area contributed by atoms with Crippen LogP contribution in [0.2, 0.25) is 0 Å². The van der Waals surface area contributed by atoms with Gasteiger partial charge in [0.1, 0.15) is 23.8 Å². The van der Waals surface area contributed by atoms with Crippen molar-refractivity contribution < 1.29 is 33.3 Å². The molecule has 2 unspecified atom stereocenters. The van der Waals surface area contributed by atoms with Gasteiger partial charge in [-0.3, -0.25) is 9.69 Å². The van der Waals surface area contributed by atoms with Crippen LogP contribution in [0.5, 0.6) is 5.75 Å². The second-order valence-corrected chi connectivity index (χ2v) is 11.1. The van der Waals surface area contributed by atoms with Crippen LogP contribution in [0.15, 0.2) is 18.2 Å². The van der Waals surface area contributed by atoms with Crippen molar-refractivity contribution in [3.63, 3.8) is 0 Å². The molecule has 3 atom stereocenters. The first-order chi connectivity index (χ1) is 16.5. The molecule has 3 fully saturated rings. The summed E-state index contributed by atoms with van der Waals surface area (Å²) >= 11 is 0. The number of nitrogens with zero attached hydrogens (tertiary/aromatic N) is 1. The predicted octanol–water partition coefficient (Wildman–Crippen LogP) is 3.86. The smallest absolute Gasteiger partial charge is 0.410 e. The summed E-state index contributed by atoms with van der Waals surface area (Å²) < 4.78 is 31.9. The molecule has 2 heterocycles. The van der Waals surface area contributed by atoms with Gasteiger partial charge in [0.15, 0.2) is 0 Å². The summed E-state index contributed by atoms with van der Waals surface area (Å²) in [7, 11) is 0. The highest BCUT2D eigenvalue weighted by Crippen LogP contribution is 2.41. The highest BCUT2D eigenvalue weighted by Gasteiger charge is 2.56. The van der Waals surface area contributed by atoms with E-state index in [2.05, 4.69) is 5.32 Å². The van der Waals surface area contributed by atoms with Gasteiger partial charge in [-0.1, -0.05) is 6.07 Å². The zero-order chi connectivity index (χ0) is 25.4. The number of carbonyl (C=O) groups excluding carboxylic acids is 2. The minimum atomic E-state index is -0.734. The Morgan fingerprint density at radius 2 is 2.00 bits per heavy atom. The molecule has 9 heteroatoms. The fraction of sp³-hybridized carbons (Fsp3) is 0.692. The van der Waals surface area contributed by atoms with Gasteiger partial charge in [-0.05, 0) is 77.8 Å². The first-order valence-electron chi connectivity index (χ1n) is 12.5. The van der Waals surface area contributed by atoms with Gasteiger partial charge in [0.25, 0.3) is 0 Å². The van der Waals surface area contributed by atoms with Crippen LogP contribution in [-0.4, -0.2) is 71.2 Å². The molecule has 35 heavy (non-hydrogen) atoms. The number of carbonyl (C=O) groups is 2. The highest BCUT2D eigenvalue weighted by atomic mass is 19.1. The van der Waals surface area contributed by atoms with E-state index in [1.807, 2.05) is 27.7 Å². The third-order valence-corrected chi connectivity index (χ3v) is 7.30. The Kier molecular flexibility index (Phi) is 7.29. The van der Waals surface area contributed by atoms with Crippen molar-refractivity contribution in [1.82, 2.24) is 10.2 Å². The number of phenols is 1. The largest absolute Gasteiger partial charge is 0.508 e. The zero-order valence-corrected chi connectivity index (χ0v) is 21.0. The van der Waals surface area contributed by atoms with Crippen LogP contribution >= 0.6 is 0 Å². The number of ether oxygens (including phenoxy) is 3. The Morgan fingerprint density at radius 3 is 2.63 bits per heavy atom. The molecule has 2 aliphatic heterocycles. The van der Waals surface area contributed by atoms with Crippen LogP contribution in [0.25, 0.3) is 0 Å².